The van der Waals surface area contributed by atoms with Crippen molar-refractivity contribution in [2.24, 2.45) is 7.05 Å². The number of rotatable bonds is 4. The molecule has 6 heteroatoms. The summed E-state index contributed by atoms with van der Waals surface area (Å²) in [4.78, 5) is 0. The monoisotopic (exact) mass is 298 g/mol. The second-order valence-corrected chi connectivity index (χ2v) is 4.54. The third kappa shape index (κ3) is 3.10. The van der Waals surface area contributed by atoms with Crippen molar-refractivity contribution in [2.75, 3.05) is 0 Å². The Labute approximate surface area is 107 Å². The fourth-order valence-electron chi connectivity index (χ4n) is 1.47. The lowest BCUT2D eigenvalue weighted by Crippen LogP contribution is -2.15. The molecule has 4 nitrogen and oxygen atoms in total. The maximum Gasteiger partial charge on any atom is 0.123 e. The standard InChI is InChI=1S/C11H12BrFN4/c1-17-10(7-15-16-17)6-14-5-8-4-9(13)2-3-11(8)12/h2-4,7,14H,5-6H2,1H3. The first-order chi connectivity index (χ1) is 8.16. The molecule has 1 N–H and O–H groups in total. The summed E-state index contributed by atoms with van der Waals surface area (Å²) in [7, 11) is 1.84. The molecule has 1 heterocycles. The number of nitrogens with one attached hydrogen (secondary N) is 1. The lowest BCUT2D eigenvalue weighted by molar-refractivity contribution is 0.604. The van der Waals surface area contributed by atoms with Gasteiger partial charge in [0.25, 0.3) is 0 Å². The van der Waals surface area contributed by atoms with Crippen LogP contribution in [0.1, 0.15) is 11.3 Å². The van der Waals surface area contributed by atoms with Crippen LogP contribution in [0.4, 0.5) is 4.39 Å². The molecule has 0 aliphatic heterocycles. The van der Waals surface area contributed by atoms with Crippen LogP contribution in [0, 0.1) is 5.82 Å². The van der Waals surface area contributed by atoms with Gasteiger partial charge in [-0.1, -0.05) is 21.1 Å². The highest BCUT2D eigenvalue weighted by Gasteiger charge is 2.03. The zero-order valence-electron chi connectivity index (χ0n) is 9.32. The van der Waals surface area contributed by atoms with Crippen molar-refractivity contribution in [3.63, 3.8) is 0 Å². The molecule has 0 saturated carbocycles. The Morgan fingerprint density at radius 3 is 2.94 bits per heavy atom. The Hall–Kier alpha value is -1.27. The van der Waals surface area contributed by atoms with Crippen molar-refractivity contribution in [3.8, 4) is 0 Å². The van der Waals surface area contributed by atoms with Gasteiger partial charge in [0.2, 0.25) is 0 Å². The molecule has 0 spiro atoms. The summed E-state index contributed by atoms with van der Waals surface area (Å²) in [6, 6.07) is 4.65. The summed E-state index contributed by atoms with van der Waals surface area (Å²) in [5, 5.41) is 10.8. The minimum atomic E-state index is -0.229. The van der Waals surface area contributed by atoms with Gasteiger partial charge in [-0.25, -0.2) is 4.39 Å². The van der Waals surface area contributed by atoms with Crippen molar-refractivity contribution < 1.29 is 4.39 Å². The van der Waals surface area contributed by atoms with Crippen LogP contribution in [-0.4, -0.2) is 15.0 Å². The summed E-state index contributed by atoms with van der Waals surface area (Å²) in [5.74, 6) is -0.229. The smallest absolute Gasteiger partial charge is 0.123 e. The number of hydrogen-bond donors (Lipinski definition) is 1. The number of aromatic nitrogens is 3. The molecule has 0 bridgehead atoms. The normalized spacial score (nSPS) is 10.8. The molecule has 0 unspecified atom stereocenters. The van der Waals surface area contributed by atoms with E-state index in [1.54, 1.807) is 16.9 Å². The van der Waals surface area contributed by atoms with E-state index in [1.165, 1.54) is 12.1 Å². The van der Waals surface area contributed by atoms with Crippen LogP contribution in [0.15, 0.2) is 28.9 Å². The van der Waals surface area contributed by atoms with Gasteiger partial charge in [0.05, 0.1) is 11.9 Å². The second kappa shape index (κ2) is 5.37. The van der Waals surface area contributed by atoms with Crippen LogP contribution in [-0.2, 0) is 20.1 Å². The molecule has 17 heavy (non-hydrogen) atoms. The molecule has 0 fully saturated rings. The first-order valence-corrected chi connectivity index (χ1v) is 5.94. The Morgan fingerprint density at radius 2 is 2.24 bits per heavy atom. The Balaban J connectivity index is 1.94. The number of aryl methyl sites for hydroxylation is 1. The van der Waals surface area contributed by atoms with Crippen molar-refractivity contribution in [3.05, 3.63) is 45.9 Å². The Morgan fingerprint density at radius 1 is 1.41 bits per heavy atom. The molecule has 0 aliphatic rings. The van der Waals surface area contributed by atoms with Crippen molar-refractivity contribution in [1.82, 2.24) is 20.3 Å². The van der Waals surface area contributed by atoms with E-state index in [4.69, 9.17) is 0 Å². The Bertz CT molecular complexity index is 512. The molecule has 0 amide bonds. The average Bonchev–Trinajstić information content (AvgIpc) is 2.70. The lowest BCUT2D eigenvalue weighted by atomic mass is 10.2. The van der Waals surface area contributed by atoms with Crippen LogP contribution < -0.4 is 5.32 Å². The van der Waals surface area contributed by atoms with Gasteiger partial charge < -0.3 is 5.32 Å². The van der Waals surface area contributed by atoms with Crippen molar-refractivity contribution in [2.45, 2.75) is 13.1 Å². The predicted molar refractivity (Wildman–Crippen MR) is 65.6 cm³/mol. The summed E-state index contributed by atoms with van der Waals surface area (Å²) in [6.45, 7) is 1.23. The highest BCUT2D eigenvalue weighted by atomic mass is 79.9. The Kier molecular flexibility index (Phi) is 3.86. The largest absolute Gasteiger partial charge is 0.307 e. The number of nitrogens with zero attached hydrogens (tertiary/aromatic N) is 3. The van der Waals surface area contributed by atoms with E-state index in [0.29, 0.717) is 13.1 Å². The zero-order valence-corrected chi connectivity index (χ0v) is 10.9. The van der Waals surface area contributed by atoms with Crippen LogP contribution in [0.25, 0.3) is 0 Å². The molecule has 1 aromatic carbocycles. The zero-order chi connectivity index (χ0) is 12.3. The third-order valence-electron chi connectivity index (χ3n) is 2.44. The van der Waals surface area contributed by atoms with Gasteiger partial charge in [0.1, 0.15) is 5.82 Å². The molecule has 2 aromatic rings. The highest BCUT2D eigenvalue weighted by molar-refractivity contribution is 9.10. The quantitative estimate of drug-likeness (QED) is 0.939. The van der Waals surface area contributed by atoms with Gasteiger partial charge in [0.15, 0.2) is 0 Å². The topological polar surface area (TPSA) is 42.7 Å². The molecule has 2 rings (SSSR count). The maximum absolute atomic E-state index is 13.0. The molecule has 90 valence electrons. The number of benzene rings is 1. The van der Waals surface area contributed by atoms with Gasteiger partial charge in [-0.2, -0.15) is 0 Å². The van der Waals surface area contributed by atoms with Gasteiger partial charge in [-0.3, -0.25) is 4.68 Å². The van der Waals surface area contributed by atoms with Gasteiger partial charge in [-0.05, 0) is 23.8 Å². The first-order valence-electron chi connectivity index (χ1n) is 5.15. The molecule has 1 aromatic heterocycles. The minimum absolute atomic E-state index is 0.229. The highest BCUT2D eigenvalue weighted by Crippen LogP contribution is 2.17. The summed E-state index contributed by atoms with van der Waals surface area (Å²) in [6.07, 6.45) is 1.70. The molecular formula is C11H12BrFN4. The molecule has 0 aliphatic carbocycles. The van der Waals surface area contributed by atoms with E-state index in [9.17, 15) is 4.39 Å². The molecule has 0 atom stereocenters. The fraction of sp³-hybridized carbons (Fsp3) is 0.273. The second-order valence-electron chi connectivity index (χ2n) is 3.69. The van der Waals surface area contributed by atoms with E-state index >= 15 is 0 Å². The van der Waals surface area contributed by atoms with Gasteiger partial charge in [0, 0.05) is 24.6 Å². The summed E-state index contributed by atoms with van der Waals surface area (Å²) in [5.41, 5.74) is 1.87. The van der Waals surface area contributed by atoms with Crippen molar-refractivity contribution in [1.29, 1.82) is 0 Å². The fourth-order valence-corrected chi connectivity index (χ4v) is 1.86. The maximum atomic E-state index is 13.0. The van der Waals surface area contributed by atoms with E-state index in [0.717, 1.165) is 15.7 Å². The van der Waals surface area contributed by atoms with E-state index in [1.807, 2.05) is 7.05 Å². The average molecular weight is 299 g/mol. The van der Waals surface area contributed by atoms with Gasteiger partial charge >= 0.3 is 0 Å². The van der Waals surface area contributed by atoms with Gasteiger partial charge in [-0.15, -0.1) is 5.10 Å². The molecule has 0 saturated heterocycles. The molecule has 0 radical (unpaired) electrons. The van der Waals surface area contributed by atoms with Crippen LogP contribution >= 0.6 is 15.9 Å². The first kappa shape index (κ1) is 12.2. The van der Waals surface area contributed by atoms with Crippen LogP contribution in [0.5, 0.6) is 0 Å². The minimum Gasteiger partial charge on any atom is -0.307 e. The SMILES string of the molecule is Cn1nncc1CNCc1cc(F)ccc1Br. The van der Waals surface area contributed by atoms with E-state index < -0.39 is 0 Å². The lowest BCUT2D eigenvalue weighted by Gasteiger charge is -2.06. The van der Waals surface area contributed by atoms with E-state index in [-0.39, 0.29) is 5.82 Å². The third-order valence-corrected chi connectivity index (χ3v) is 3.21. The number of hydrogen-bond acceptors (Lipinski definition) is 3. The summed E-state index contributed by atoms with van der Waals surface area (Å²) < 4.78 is 15.6. The summed E-state index contributed by atoms with van der Waals surface area (Å²) >= 11 is 3.39. The molecular weight excluding hydrogens is 287 g/mol. The van der Waals surface area contributed by atoms with E-state index in [2.05, 4.69) is 31.6 Å². The predicted octanol–water partition coefficient (Wildman–Crippen LogP) is 2.01. The van der Waals surface area contributed by atoms with Crippen LogP contribution in [0.2, 0.25) is 0 Å². The van der Waals surface area contributed by atoms with Crippen LogP contribution in [0.3, 0.4) is 0 Å². The number of halogens is 2. The van der Waals surface area contributed by atoms with Crippen molar-refractivity contribution >= 4 is 15.9 Å².